The lowest BCUT2D eigenvalue weighted by Gasteiger charge is -2.44. The van der Waals surface area contributed by atoms with Gasteiger partial charge in [-0.15, -0.1) is 0 Å². The van der Waals surface area contributed by atoms with Crippen LogP contribution in [0.2, 0.25) is 0 Å². The molecule has 2 aromatic carbocycles. The molecule has 210 valence electrons. The van der Waals surface area contributed by atoms with Crippen LogP contribution in [0.5, 0.6) is 11.5 Å². The fourth-order valence-electron chi connectivity index (χ4n) is 7.34. The third-order valence-corrected chi connectivity index (χ3v) is 9.31. The van der Waals surface area contributed by atoms with Crippen LogP contribution < -0.4 is 20.1 Å². The van der Waals surface area contributed by atoms with Crippen molar-refractivity contribution < 1.29 is 19.1 Å². The van der Waals surface area contributed by atoms with Crippen molar-refractivity contribution in [2.45, 2.75) is 56.7 Å². The van der Waals surface area contributed by atoms with E-state index in [1.807, 2.05) is 0 Å². The maximum atomic E-state index is 14.4. The standard InChI is InChI=1S/C33H39N3O4/c1-39-28-17-16-22(20-29(28)40-2)32(37)35-27-15-9-7-13-24(27)33(38)36-19-18-25-30(21-10-4-3-5-11-21)34-26-14-8-6-12-23(26)31(25)36/h3-6,8,10,12,14,16-17,20-21,24-25,27,30-31,34H,7,9,11,13,15,18-19H2,1-2H3,(H,35,37)/t21?,24-,25+,27+,30-,31-/m0/s1. The Labute approximate surface area is 236 Å². The fraction of sp³-hybridized carbons (Fsp3) is 0.455. The van der Waals surface area contributed by atoms with Crippen LogP contribution in [0.15, 0.2) is 66.8 Å². The Bertz CT molecular complexity index is 1320. The number of nitrogens with zero attached hydrogens (tertiary/aromatic N) is 1. The summed E-state index contributed by atoms with van der Waals surface area (Å²) in [6.07, 6.45) is 14.4. The molecule has 1 saturated heterocycles. The minimum Gasteiger partial charge on any atom is -0.493 e. The third kappa shape index (κ3) is 4.87. The van der Waals surface area contributed by atoms with Crippen molar-refractivity contribution in [3.63, 3.8) is 0 Å². The van der Waals surface area contributed by atoms with E-state index < -0.39 is 0 Å². The molecule has 0 radical (unpaired) electrons. The number of hydrogen-bond acceptors (Lipinski definition) is 5. The predicted octanol–water partition coefficient (Wildman–Crippen LogP) is 5.51. The Morgan fingerprint density at radius 1 is 0.975 bits per heavy atom. The van der Waals surface area contributed by atoms with Crippen LogP contribution >= 0.6 is 0 Å². The molecule has 2 amide bonds. The number of nitrogens with one attached hydrogen (secondary N) is 2. The monoisotopic (exact) mass is 541 g/mol. The summed E-state index contributed by atoms with van der Waals surface area (Å²) in [5, 5.41) is 7.07. The Morgan fingerprint density at radius 2 is 1.80 bits per heavy atom. The van der Waals surface area contributed by atoms with E-state index in [4.69, 9.17) is 9.47 Å². The van der Waals surface area contributed by atoms with E-state index in [0.717, 1.165) is 50.8 Å². The van der Waals surface area contributed by atoms with Crippen LogP contribution in [0.1, 0.15) is 60.5 Å². The number of likely N-dealkylation sites (tertiary alicyclic amines) is 1. The van der Waals surface area contributed by atoms with Crippen molar-refractivity contribution >= 4 is 17.5 Å². The zero-order valence-electron chi connectivity index (χ0n) is 23.3. The summed E-state index contributed by atoms with van der Waals surface area (Å²) in [5.41, 5.74) is 2.85. The first-order chi connectivity index (χ1) is 19.6. The second-order valence-electron chi connectivity index (χ2n) is 11.4. The summed E-state index contributed by atoms with van der Waals surface area (Å²) in [6.45, 7) is 0.750. The van der Waals surface area contributed by atoms with Crippen LogP contribution in [0.4, 0.5) is 5.69 Å². The number of anilines is 1. The summed E-state index contributed by atoms with van der Waals surface area (Å²) in [5.74, 6) is 1.61. The lowest BCUT2D eigenvalue weighted by Crippen LogP contribution is -2.51. The topological polar surface area (TPSA) is 79.9 Å². The second-order valence-corrected chi connectivity index (χ2v) is 11.4. The largest absolute Gasteiger partial charge is 0.493 e. The van der Waals surface area contributed by atoms with Gasteiger partial charge in [0.2, 0.25) is 5.91 Å². The number of fused-ring (bicyclic) bond motifs is 3. The van der Waals surface area contributed by atoms with Gasteiger partial charge in [-0.2, -0.15) is 0 Å². The highest BCUT2D eigenvalue weighted by atomic mass is 16.5. The highest BCUT2D eigenvalue weighted by molar-refractivity contribution is 5.95. The molecule has 2 aliphatic heterocycles. The molecule has 6 rings (SSSR count). The van der Waals surface area contributed by atoms with Gasteiger partial charge in [-0.1, -0.05) is 55.3 Å². The van der Waals surface area contributed by atoms with E-state index in [1.165, 1.54) is 5.56 Å². The summed E-state index contributed by atoms with van der Waals surface area (Å²) in [4.78, 5) is 29.8. The van der Waals surface area contributed by atoms with Crippen molar-refractivity contribution in [3.05, 3.63) is 77.9 Å². The number of methoxy groups -OCH3 is 2. The third-order valence-electron chi connectivity index (χ3n) is 9.31. The molecule has 1 unspecified atom stereocenters. The van der Waals surface area contributed by atoms with Gasteiger partial charge in [-0.3, -0.25) is 9.59 Å². The van der Waals surface area contributed by atoms with Crippen LogP contribution in [0, 0.1) is 17.8 Å². The van der Waals surface area contributed by atoms with Crippen LogP contribution in [-0.4, -0.2) is 49.6 Å². The predicted molar refractivity (Wildman–Crippen MR) is 156 cm³/mol. The van der Waals surface area contributed by atoms with Gasteiger partial charge >= 0.3 is 0 Å². The van der Waals surface area contributed by atoms with Gasteiger partial charge in [0.1, 0.15) is 0 Å². The zero-order valence-corrected chi connectivity index (χ0v) is 23.3. The number of allylic oxidation sites excluding steroid dienone is 3. The molecular formula is C33H39N3O4. The Hall–Kier alpha value is -3.74. The van der Waals surface area contributed by atoms with Gasteiger partial charge in [0.15, 0.2) is 11.5 Å². The van der Waals surface area contributed by atoms with Crippen LogP contribution in [-0.2, 0) is 4.79 Å². The van der Waals surface area contributed by atoms with Crippen LogP contribution in [0.25, 0.3) is 0 Å². The number of ether oxygens (including phenoxy) is 2. The maximum absolute atomic E-state index is 14.4. The minimum atomic E-state index is -0.227. The normalized spacial score (nSPS) is 28.7. The molecule has 0 bridgehead atoms. The number of benzene rings is 2. The molecule has 0 aromatic heterocycles. The first-order valence-corrected chi connectivity index (χ1v) is 14.6. The van der Waals surface area contributed by atoms with E-state index in [2.05, 4.69) is 64.1 Å². The minimum absolute atomic E-state index is 0.0541. The SMILES string of the molecule is COc1ccc(C(=O)N[C@@H]2CCCC[C@@H]2C(=O)N2CC[C@@H]3[C@H](C4C=CC=CC4)Nc4ccccc4[C@@H]32)cc1OC. The summed E-state index contributed by atoms with van der Waals surface area (Å²) in [6, 6.07) is 13.8. The molecule has 4 aliphatic rings. The number of rotatable bonds is 6. The number of para-hydroxylation sites is 1. The Kier molecular flexibility index (Phi) is 7.55. The van der Waals surface area contributed by atoms with Crippen LogP contribution in [0.3, 0.4) is 0 Å². The molecule has 40 heavy (non-hydrogen) atoms. The smallest absolute Gasteiger partial charge is 0.251 e. The van der Waals surface area contributed by atoms with Crippen molar-refractivity contribution in [2.24, 2.45) is 17.8 Å². The highest BCUT2D eigenvalue weighted by Crippen LogP contribution is 2.49. The van der Waals surface area contributed by atoms with Crippen molar-refractivity contribution in [1.29, 1.82) is 0 Å². The number of hydrogen-bond donors (Lipinski definition) is 2. The average Bonchev–Trinajstić information content (AvgIpc) is 3.46. The molecule has 7 nitrogen and oxygen atoms in total. The molecule has 2 heterocycles. The fourth-order valence-corrected chi connectivity index (χ4v) is 7.34. The molecular weight excluding hydrogens is 502 g/mol. The highest BCUT2D eigenvalue weighted by Gasteiger charge is 2.49. The first kappa shape index (κ1) is 26.5. The quantitative estimate of drug-likeness (QED) is 0.504. The maximum Gasteiger partial charge on any atom is 0.251 e. The molecule has 2 aromatic rings. The summed E-state index contributed by atoms with van der Waals surface area (Å²) >= 11 is 0. The number of carbonyl (C=O) groups excluding carboxylic acids is 2. The summed E-state index contributed by atoms with van der Waals surface area (Å²) < 4.78 is 10.7. The van der Waals surface area contributed by atoms with Gasteiger partial charge in [0.05, 0.1) is 26.2 Å². The van der Waals surface area contributed by atoms with Gasteiger partial charge in [0, 0.05) is 41.7 Å². The molecule has 2 aliphatic carbocycles. The molecule has 7 heteroatoms. The lowest BCUT2D eigenvalue weighted by atomic mass is 9.75. The Balaban J connectivity index is 1.24. The van der Waals surface area contributed by atoms with E-state index in [1.54, 1.807) is 32.4 Å². The summed E-state index contributed by atoms with van der Waals surface area (Å²) in [7, 11) is 3.13. The van der Waals surface area contributed by atoms with E-state index >= 15 is 0 Å². The molecule has 0 spiro atoms. The number of carbonyl (C=O) groups is 2. The number of amides is 2. The Morgan fingerprint density at radius 3 is 2.60 bits per heavy atom. The molecule has 1 saturated carbocycles. The zero-order chi connectivity index (χ0) is 27.6. The van der Waals surface area contributed by atoms with E-state index in [9.17, 15) is 9.59 Å². The molecule has 6 atom stereocenters. The lowest BCUT2D eigenvalue weighted by molar-refractivity contribution is -0.139. The average molecular weight is 542 g/mol. The first-order valence-electron chi connectivity index (χ1n) is 14.6. The molecule has 2 fully saturated rings. The van der Waals surface area contributed by atoms with Crippen molar-refractivity contribution in [2.75, 3.05) is 26.1 Å². The van der Waals surface area contributed by atoms with Gasteiger partial charge in [-0.05, 0) is 55.5 Å². The van der Waals surface area contributed by atoms with Gasteiger partial charge < -0.3 is 25.0 Å². The van der Waals surface area contributed by atoms with Gasteiger partial charge in [-0.25, -0.2) is 0 Å². The van der Waals surface area contributed by atoms with Crippen molar-refractivity contribution in [1.82, 2.24) is 10.2 Å². The van der Waals surface area contributed by atoms with Gasteiger partial charge in [0.25, 0.3) is 5.91 Å². The van der Waals surface area contributed by atoms with E-state index in [0.29, 0.717) is 28.9 Å². The van der Waals surface area contributed by atoms with E-state index in [-0.39, 0.29) is 35.9 Å². The molecule has 2 N–H and O–H groups in total. The van der Waals surface area contributed by atoms with Crippen molar-refractivity contribution in [3.8, 4) is 11.5 Å². The second kappa shape index (κ2) is 11.4.